The number of hydrogen-bond donors (Lipinski definition) is 2. The Balaban J connectivity index is 1.79. The molecule has 1 atom stereocenters. The average Bonchev–Trinajstić information content (AvgIpc) is 2.56. The summed E-state index contributed by atoms with van der Waals surface area (Å²) in [5.74, 6) is -0.310. The molecular weight excluding hydrogens is 350 g/mol. The Hall–Kier alpha value is -2.37. The molecule has 0 saturated heterocycles. The highest BCUT2D eigenvalue weighted by Gasteiger charge is 2.14. The largest absolute Gasteiger partial charge is 0.348 e. The molecule has 2 amide bonds. The van der Waals surface area contributed by atoms with E-state index in [1.54, 1.807) is 18.0 Å². The smallest absolute Gasteiger partial charge is 0.238 e. The Bertz CT molecular complexity index is 762. The van der Waals surface area contributed by atoms with Gasteiger partial charge >= 0.3 is 0 Å². The molecule has 2 N–H and O–H groups in total. The minimum Gasteiger partial charge on any atom is -0.348 e. The van der Waals surface area contributed by atoms with Gasteiger partial charge in [0.05, 0.1) is 19.1 Å². The van der Waals surface area contributed by atoms with Crippen LogP contribution in [0.1, 0.15) is 24.1 Å². The lowest BCUT2D eigenvalue weighted by Gasteiger charge is -2.19. The second-order valence-electron chi connectivity index (χ2n) is 6.43. The Morgan fingerprint density at radius 2 is 1.73 bits per heavy atom. The van der Waals surface area contributed by atoms with Gasteiger partial charge in [-0.1, -0.05) is 41.4 Å². The molecule has 0 aliphatic rings. The van der Waals surface area contributed by atoms with Crippen LogP contribution in [0.15, 0.2) is 48.5 Å². The SMILES string of the molecule is Cc1ccc(NC(=O)CN(C)CC(=O)N[C@H](C)c2cccc(Cl)c2)cc1. The number of nitrogens with one attached hydrogen (secondary N) is 2. The summed E-state index contributed by atoms with van der Waals surface area (Å²) in [4.78, 5) is 25.9. The average molecular weight is 374 g/mol. The maximum atomic E-state index is 12.2. The van der Waals surface area contributed by atoms with Gasteiger partial charge in [0, 0.05) is 10.7 Å². The number of halogens is 1. The predicted molar refractivity (Wildman–Crippen MR) is 105 cm³/mol. The van der Waals surface area contributed by atoms with Crippen molar-refractivity contribution in [2.24, 2.45) is 0 Å². The van der Waals surface area contributed by atoms with E-state index in [9.17, 15) is 9.59 Å². The minimum atomic E-state index is -0.160. The van der Waals surface area contributed by atoms with Crippen molar-refractivity contribution in [1.29, 1.82) is 0 Å². The molecule has 0 heterocycles. The van der Waals surface area contributed by atoms with Gasteiger partial charge in [-0.3, -0.25) is 14.5 Å². The first-order valence-electron chi connectivity index (χ1n) is 8.43. The zero-order chi connectivity index (χ0) is 19.1. The molecule has 138 valence electrons. The molecule has 2 rings (SSSR count). The molecule has 0 saturated carbocycles. The Kier molecular flexibility index (Phi) is 7.18. The van der Waals surface area contributed by atoms with Crippen LogP contribution in [-0.2, 0) is 9.59 Å². The lowest BCUT2D eigenvalue weighted by atomic mass is 10.1. The van der Waals surface area contributed by atoms with E-state index in [2.05, 4.69) is 10.6 Å². The summed E-state index contributed by atoms with van der Waals surface area (Å²) in [5.41, 5.74) is 2.81. The van der Waals surface area contributed by atoms with E-state index >= 15 is 0 Å². The third-order valence-corrected chi connectivity index (χ3v) is 4.12. The van der Waals surface area contributed by atoms with Crippen LogP contribution in [-0.4, -0.2) is 36.9 Å². The highest BCUT2D eigenvalue weighted by atomic mass is 35.5. The predicted octanol–water partition coefficient (Wildman–Crippen LogP) is 3.40. The Morgan fingerprint density at radius 1 is 1.08 bits per heavy atom. The summed E-state index contributed by atoms with van der Waals surface area (Å²) in [6, 6.07) is 14.8. The number of carbonyl (C=O) groups excluding carboxylic acids is 2. The molecule has 6 heteroatoms. The maximum absolute atomic E-state index is 12.2. The summed E-state index contributed by atoms with van der Waals surface area (Å²) in [7, 11) is 1.73. The van der Waals surface area contributed by atoms with Gasteiger partial charge in [0.1, 0.15) is 0 Å². The topological polar surface area (TPSA) is 61.4 Å². The second kappa shape index (κ2) is 9.36. The molecule has 0 aliphatic carbocycles. The van der Waals surface area contributed by atoms with Crippen molar-refractivity contribution in [3.63, 3.8) is 0 Å². The van der Waals surface area contributed by atoms with E-state index in [1.807, 2.05) is 56.3 Å². The van der Waals surface area contributed by atoms with Crippen molar-refractivity contribution < 1.29 is 9.59 Å². The lowest BCUT2D eigenvalue weighted by molar-refractivity contribution is -0.123. The third-order valence-electron chi connectivity index (χ3n) is 3.89. The Labute approximate surface area is 159 Å². The van der Waals surface area contributed by atoms with E-state index in [-0.39, 0.29) is 30.9 Å². The molecule has 0 aliphatic heterocycles. The van der Waals surface area contributed by atoms with Crippen molar-refractivity contribution in [2.45, 2.75) is 19.9 Å². The molecular formula is C20H24ClN3O2. The van der Waals surface area contributed by atoms with Crippen LogP contribution in [0.3, 0.4) is 0 Å². The fourth-order valence-corrected chi connectivity index (χ4v) is 2.73. The van der Waals surface area contributed by atoms with Crippen LogP contribution in [0, 0.1) is 6.92 Å². The Morgan fingerprint density at radius 3 is 2.38 bits per heavy atom. The highest BCUT2D eigenvalue weighted by molar-refractivity contribution is 6.30. The fourth-order valence-electron chi connectivity index (χ4n) is 2.53. The zero-order valence-corrected chi connectivity index (χ0v) is 16.0. The van der Waals surface area contributed by atoms with Crippen LogP contribution in [0.25, 0.3) is 0 Å². The third kappa shape index (κ3) is 6.50. The molecule has 26 heavy (non-hydrogen) atoms. The monoisotopic (exact) mass is 373 g/mol. The second-order valence-corrected chi connectivity index (χ2v) is 6.87. The number of rotatable bonds is 7. The summed E-state index contributed by atoms with van der Waals surface area (Å²) >= 11 is 5.98. The number of carbonyl (C=O) groups is 2. The number of benzene rings is 2. The molecule has 2 aromatic carbocycles. The number of anilines is 1. The van der Waals surface area contributed by atoms with Crippen molar-refractivity contribution in [3.05, 3.63) is 64.7 Å². The summed E-state index contributed by atoms with van der Waals surface area (Å²) < 4.78 is 0. The molecule has 0 aromatic heterocycles. The number of amides is 2. The fraction of sp³-hybridized carbons (Fsp3) is 0.300. The minimum absolute atomic E-state index is 0.131. The molecule has 0 spiro atoms. The number of nitrogens with zero attached hydrogens (tertiary/aromatic N) is 1. The van der Waals surface area contributed by atoms with E-state index in [1.165, 1.54) is 0 Å². The normalized spacial score (nSPS) is 11.9. The number of aryl methyl sites for hydroxylation is 1. The van der Waals surface area contributed by atoms with Gasteiger partial charge in [0.25, 0.3) is 0 Å². The number of hydrogen-bond acceptors (Lipinski definition) is 3. The van der Waals surface area contributed by atoms with Crippen LogP contribution < -0.4 is 10.6 Å². The van der Waals surface area contributed by atoms with Gasteiger partial charge in [0.2, 0.25) is 11.8 Å². The van der Waals surface area contributed by atoms with Crippen molar-refractivity contribution in [1.82, 2.24) is 10.2 Å². The quantitative estimate of drug-likeness (QED) is 0.782. The molecule has 0 unspecified atom stereocenters. The van der Waals surface area contributed by atoms with Gasteiger partial charge in [-0.15, -0.1) is 0 Å². The lowest BCUT2D eigenvalue weighted by Crippen LogP contribution is -2.39. The van der Waals surface area contributed by atoms with E-state index < -0.39 is 0 Å². The molecule has 0 bridgehead atoms. The molecule has 0 fully saturated rings. The van der Waals surface area contributed by atoms with Crippen molar-refractivity contribution in [3.8, 4) is 0 Å². The van der Waals surface area contributed by atoms with Crippen molar-refractivity contribution in [2.75, 3.05) is 25.5 Å². The first-order valence-corrected chi connectivity index (χ1v) is 8.81. The van der Waals surface area contributed by atoms with Crippen LogP contribution in [0.2, 0.25) is 5.02 Å². The number of likely N-dealkylation sites (N-methyl/N-ethyl adjacent to an activating group) is 1. The van der Waals surface area contributed by atoms with Crippen LogP contribution >= 0.6 is 11.6 Å². The van der Waals surface area contributed by atoms with E-state index in [0.29, 0.717) is 5.02 Å². The standard InChI is InChI=1S/C20H24ClN3O2/c1-14-7-9-18(10-8-14)23-20(26)13-24(3)12-19(25)22-15(2)16-5-4-6-17(21)11-16/h4-11,15H,12-13H2,1-3H3,(H,22,25)(H,23,26)/t15-/m1/s1. The van der Waals surface area contributed by atoms with Gasteiger partial charge in [0.15, 0.2) is 0 Å². The van der Waals surface area contributed by atoms with Crippen LogP contribution in [0.5, 0.6) is 0 Å². The van der Waals surface area contributed by atoms with E-state index in [4.69, 9.17) is 11.6 Å². The molecule has 2 aromatic rings. The maximum Gasteiger partial charge on any atom is 0.238 e. The van der Waals surface area contributed by atoms with Crippen molar-refractivity contribution >= 4 is 29.1 Å². The van der Waals surface area contributed by atoms with Gasteiger partial charge in [-0.05, 0) is 50.7 Å². The molecule has 5 nitrogen and oxygen atoms in total. The zero-order valence-electron chi connectivity index (χ0n) is 15.3. The van der Waals surface area contributed by atoms with Crippen LogP contribution in [0.4, 0.5) is 5.69 Å². The van der Waals surface area contributed by atoms with Gasteiger partial charge in [-0.2, -0.15) is 0 Å². The molecule has 0 radical (unpaired) electrons. The summed E-state index contributed by atoms with van der Waals surface area (Å²) in [6.07, 6.45) is 0. The van der Waals surface area contributed by atoms with Gasteiger partial charge in [-0.25, -0.2) is 0 Å². The van der Waals surface area contributed by atoms with E-state index in [0.717, 1.165) is 16.8 Å². The first kappa shape index (κ1) is 19.9. The summed E-state index contributed by atoms with van der Waals surface area (Å²) in [6.45, 7) is 4.15. The summed E-state index contributed by atoms with van der Waals surface area (Å²) in [5, 5.41) is 6.36. The van der Waals surface area contributed by atoms with Gasteiger partial charge < -0.3 is 10.6 Å². The first-order chi connectivity index (χ1) is 12.3. The highest BCUT2D eigenvalue weighted by Crippen LogP contribution is 2.17.